The summed E-state index contributed by atoms with van der Waals surface area (Å²) >= 11 is 5.68. The first-order chi connectivity index (χ1) is 7.29. The molecule has 0 aliphatic carbocycles. The predicted octanol–water partition coefficient (Wildman–Crippen LogP) is 2.67. The van der Waals surface area contributed by atoms with Crippen molar-refractivity contribution in [3.05, 3.63) is 47.4 Å². The van der Waals surface area contributed by atoms with Crippen molar-refractivity contribution in [2.75, 3.05) is 0 Å². The molecule has 0 radical (unpaired) electrons. The average molecular weight is 216 g/mol. The lowest BCUT2D eigenvalue weighted by Gasteiger charge is -2.00. The summed E-state index contributed by atoms with van der Waals surface area (Å²) in [5.74, 6) is 0. The Morgan fingerprint density at radius 2 is 2.13 bits per heavy atom. The molecule has 1 aromatic heterocycles. The normalized spacial score (nSPS) is 9.60. The lowest BCUT2D eigenvalue weighted by Crippen LogP contribution is -1.86. The van der Waals surface area contributed by atoms with Crippen molar-refractivity contribution in [2.24, 2.45) is 0 Å². The van der Waals surface area contributed by atoms with E-state index in [1.165, 1.54) is 0 Å². The van der Waals surface area contributed by atoms with Crippen LogP contribution in [0.5, 0.6) is 0 Å². The van der Waals surface area contributed by atoms with Gasteiger partial charge in [0, 0.05) is 11.8 Å². The van der Waals surface area contributed by atoms with Gasteiger partial charge in [0.05, 0.1) is 17.3 Å². The Morgan fingerprint density at radius 1 is 1.27 bits per heavy atom. The van der Waals surface area contributed by atoms with E-state index in [-0.39, 0.29) is 5.28 Å². The fourth-order valence-corrected chi connectivity index (χ4v) is 1.39. The Morgan fingerprint density at radius 3 is 2.87 bits per heavy atom. The van der Waals surface area contributed by atoms with Gasteiger partial charge in [0.1, 0.15) is 0 Å². The van der Waals surface area contributed by atoms with E-state index in [4.69, 9.17) is 16.9 Å². The van der Waals surface area contributed by atoms with Crippen molar-refractivity contribution in [2.45, 2.75) is 0 Å². The third-order valence-corrected chi connectivity index (χ3v) is 2.10. The number of rotatable bonds is 1. The second-order valence-corrected chi connectivity index (χ2v) is 3.24. The molecule has 0 amide bonds. The fraction of sp³-hybridized carbons (Fsp3) is 0. The zero-order valence-corrected chi connectivity index (χ0v) is 8.44. The minimum Gasteiger partial charge on any atom is -0.226 e. The van der Waals surface area contributed by atoms with Crippen LogP contribution in [0.15, 0.2) is 36.5 Å². The highest BCUT2D eigenvalue weighted by Gasteiger charge is 2.01. The van der Waals surface area contributed by atoms with Crippen LogP contribution in [-0.2, 0) is 0 Å². The van der Waals surface area contributed by atoms with Gasteiger partial charge in [-0.3, -0.25) is 0 Å². The van der Waals surface area contributed by atoms with Crippen LogP contribution >= 0.6 is 11.6 Å². The molecule has 72 valence electrons. The smallest absolute Gasteiger partial charge is 0.222 e. The SMILES string of the molecule is N#Cc1cccc(-c2ccnc(Cl)n2)c1. The van der Waals surface area contributed by atoms with Crippen LogP contribution in [0.2, 0.25) is 5.28 Å². The standard InChI is InChI=1S/C11H6ClN3/c12-11-14-5-4-10(15-11)9-3-1-2-8(6-9)7-13/h1-6H. The van der Waals surface area contributed by atoms with Crippen LogP contribution in [0.25, 0.3) is 11.3 Å². The maximum atomic E-state index is 8.75. The van der Waals surface area contributed by atoms with Gasteiger partial charge in [-0.25, -0.2) is 9.97 Å². The van der Waals surface area contributed by atoms with Gasteiger partial charge in [0.25, 0.3) is 0 Å². The minimum absolute atomic E-state index is 0.204. The van der Waals surface area contributed by atoms with E-state index in [9.17, 15) is 0 Å². The molecule has 0 saturated heterocycles. The second kappa shape index (κ2) is 4.07. The summed E-state index contributed by atoms with van der Waals surface area (Å²) in [4.78, 5) is 7.86. The lowest BCUT2D eigenvalue weighted by molar-refractivity contribution is 1.17. The first-order valence-electron chi connectivity index (χ1n) is 4.28. The molecule has 1 heterocycles. The van der Waals surface area contributed by atoms with Crippen molar-refractivity contribution < 1.29 is 0 Å². The molecule has 0 N–H and O–H groups in total. The Bertz CT molecular complexity index is 531. The van der Waals surface area contributed by atoms with E-state index < -0.39 is 0 Å². The molecule has 2 aromatic rings. The quantitative estimate of drug-likeness (QED) is 0.688. The van der Waals surface area contributed by atoms with E-state index in [2.05, 4.69) is 16.0 Å². The molecule has 0 fully saturated rings. The summed E-state index contributed by atoms with van der Waals surface area (Å²) in [6.07, 6.45) is 1.59. The van der Waals surface area contributed by atoms with Crippen molar-refractivity contribution >= 4 is 11.6 Å². The van der Waals surface area contributed by atoms with Crippen molar-refractivity contribution in [3.63, 3.8) is 0 Å². The summed E-state index contributed by atoms with van der Waals surface area (Å²) in [5, 5.41) is 8.96. The molecule has 0 unspecified atom stereocenters. The second-order valence-electron chi connectivity index (χ2n) is 2.90. The van der Waals surface area contributed by atoms with Crippen LogP contribution in [0.4, 0.5) is 0 Å². The highest BCUT2D eigenvalue weighted by Crippen LogP contribution is 2.18. The molecule has 0 aliphatic heterocycles. The lowest BCUT2D eigenvalue weighted by atomic mass is 10.1. The van der Waals surface area contributed by atoms with Crippen LogP contribution in [0.1, 0.15) is 5.56 Å². The number of halogens is 1. The number of benzene rings is 1. The van der Waals surface area contributed by atoms with Gasteiger partial charge in [-0.1, -0.05) is 12.1 Å². The molecule has 0 bridgehead atoms. The van der Waals surface area contributed by atoms with Crippen molar-refractivity contribution in [3.8, 4) is 17.3 Å². The summed E-state index contributed by atoms with van der Waals surface area (Å²) in [5.41, 5.74) is 2.17. The number of nitrogens with zero attached hydrogens (tertiary/aromatic N) is 3. The van der Waals surface area contributed by atoms with E-state index in [0.29, 0.717) is 11.3 Å². The molecule has 0 atom stereocenters. The largest absolute Gasteiger partial charge is 0.226 e. The summed E-state index contributed by atoms with van der Waals surface area (Å²) in [6, 6.07) is 11.0. The topological polar surface area (TPSA) is 49.6 Å². The number of hydrogen-bond donors (Lipinski definition) is 0. The van der Waals surface area contributed by atoms with Gasteiger partial charge in [-0.2, -0.15) is 5.26 Å². The highest BCUT2D eigenvalue weighted by molar-refractivity contribution is 6.28. The van der Waals surface area contributed by atoms with E-state index in [1.807, 2.05) is 12.1 Å². The molecular weight excluding hydrogens is 210 g/mol. The number of nitriles is 1. The summed E-state index contributed by atoms with van der Waals surface area (Å²) in [6.45, 7) is 0. The summed E-state index contributed by atoms with van der Waals surface area (Å²) < 4.78 is 0. The number of hydrogen-bond acceptors (Lipinski definition) is 3. The maximum Gasteiger partial charge on any atom is 0.222 e. The van der Waals surface area contributed by atoms with Gasteiger partial charge in [0.2, 0.25) is 5.28 Å². The first kappa shape index (κ1) is 9.63. The van der Waals surface area contributed by atoms with E-state index >= 15 is 0 Å². The third kappa shape index (κ3) is 2.12. The average Bonchev–Trinajstić information content (AvgIpc) is 2.29. The van der Waals surface area contributed by atoms with E-state index in [1.54, 1.807) is 24.4 Å². The predicted molar refractivity (Wildman–Crippen MR) is 57.2 cm³/mol. The van der Waals surface area contributed by atoms with Crippen LogP contribution < -0.4 is 0 Å². The molecule has 0 saturated carbocycles. The van der Waals surface area contributed by atoms with Crippen LogP contribution in [0.3, 0.4) is 0 Å². The third-order valence-electron chi connectivity index (χ3n) is 1.91. The Hall–Kier alpha value is -1.92. The molecule has 1 aromatic carbocycles. The first-order valence-corrected chi connectivity index (χ1v) is 4.66. The van der Waals surface area contributed by atoms with Crippen molar-refractivity contribution in [1.82, 2.24) is 9.97 Å². The Kier molecular flexibility index (Phi) is 2.61. The highest BCUT2D eigenvalue weighted by atomic mass is 35.5. The molecular formula is C11H6ClN3. The van der Waals surface area contributed by atoms with Gasteiger partial charge in [-0.05, 0) is 29.8 Å². The number of aromatic nitrogens is 2. The Balaban J connectivity index is 2.50. The Labute approximate surface area is 92.0 Å². The molecule has 0 aliphatic rings. The van der Waals surface area contributed by atoms with Gasteiger partial charge in [0.15, 0.2) is 0 Å². The van der Waals surface area contributed by atoms with Crippen molar-refractivity contribution in [1.29, 1.82) is 5.26 Å². The van der Waals surface area contributed by atoms with Gasteiger partial charge < -0.3 is 0 Å². The maximum absolute atomic E-state index is 8.75. The minimum atomic E-state index is 0.204. The van der Waals surface area contributed by atoms with E-state index in [0.717, 1.165) is 5.56 Å². The molecule has 2 rings (SSSR count). The van der Waals surface area contributed by atoms with Gasteiger partial charge >= 0.3 is 0 Å². The zero-order valence-electron chi connectivity index (χ0n) is 7.68. The monoisotopic (exact) mass is 215 g/mol. The fourth-order valence-electron chi connectivity index (χ4n) is 1.24. The zero-order chi connectivity index (χ0) is 10.7. The van der Waals surface area contributed by atoms with Gasteiger partial charge in [-0.15, -0.1) is 0 Å². The molecule has 15 heavy (non-hydrogen) atoms. The van der Waals surface area contributed by atoms with Crippen LogP contribution in [0, 0.1) is 11.3 Å². The summed E-state index contributed by atoms with van der Waals surface area (Å²) in [7, 11) is 0. The molecule has 3 nitrogen and oxygen atoms in total. The van der Waals surface area contributed by atoms with Crippen LogP contribution in [-0.4, -0.2) is 9.97 Å². The molecule has 0 spiro atoms. The molecule has 4 heteroatoms.